The summed E-state index contributed by atoms with van der Waals surface area (Å²) >= 11 is 5.98. The number of rotatable bonds is 3. The first-order chi connectivity index (χ1) is 13.1. The molecule has 1 saturated heterocycles. The second-order valence-corrected chi connectivity index (χ2v) is 7.59. The van der Waals surface area contributed by atoms with Crippen LogP contribution in [0.15, 0.2) is 24.3 Å². The highest BCUT2D eigenvalue weighted by Crippen LogP contribution is 2.27. The summed E-state index contributed by atoms with van der Waals surface area (Å²) in [4.78, 5) is 24.5. The number of H-pyrrole nitrogens is 1. The van der Waals surface area contributed by atoms with Gasteiger partial charge in [-0.15, -0.1) is 0 Å². The Balaban J connectivity index is 1.39. The number of aromatic amines is 1. The number of hydrogen-bond acceptors (Lipinski definition) is 4. The third-order valence-corrected chi connectivity index (χ3v) is 5.74. The molecule has 2 aliphatic heterocycles. The Morgan fingerprint density at radius 1 is 1.26 bits per heavy atom. The summed E-state index contributed by atoms with van der Waals surface area (Å²) in [6.45, 7) is 5.72. The minimum Gasteiger partial charge on any atom is -0.450 e. The first kappa shape index (κ1) is 18.3. The monoisotopic (exact) mass is 388 g/mol. The van der Waals surface area contributed by atoms with Crippen molar-refractivity contribution in [1.29, 1.82) is 0 Å². The van der Waals surface area contributed by atoms with Gasteiger partial charge >= 0.3 is 6.09 Å². The number of piperidine rings is 1. The van der Waals surface area contributed by atoms with Gasteiger partial charge in [-0.1, -0.05) is 11.6 Å². The van der Waals surface area contributed by atoms with E-state index in [2.05, 4.69) is 9.88 Å². The van der Waals surface area contributed by atoms with Gasteiger partial charge in [0.15, 0.2) is 0 Å². The number of amides is 1. The first-order valence-corrected chi connectivity index (χ1v) is 10.0. The Morgan fingerprint density at radius 3 is 2.70 bits per heavy atom. The van der Waals surface area contributed by atoms with Gasteiger partial charge in [0.05, 0.1) is 18.0 Å². The number of imidazole rings is 1. The molecule has 1 fully saturated rings. The Hall–Kier alpha value is -2.05. The molecular formula is C20H25ClN4O2. The summed E-state index contributed by atoms with van der Waals surface area (Å²) in [6, 6.07) is 8.28. The number of halogens is 1. The number of carbonyl (C=O) groups excluding carboxylic acids is 1. The smallest absolute Gasteiger partial charge is 0.409 e. The molecule has 0 spiro atoms. The van der Waals surface area contributed by atoms with Crippen LogP contribution in [0.4, 0.5) is 4.79 Å². The van der Waals surface area contributed by atoms with Gasteiger partial charge in [-0.3, -0.25) is 4.90 Å². The summed E-state index contributed by atoms with van der Waals surface area (Å²) in [7, 11) is 0. The van der Waals surface area contributed by atoms with Gasteiger partial charge in [0.1, 0.15) is 5.82 Å². The van der Waals surface area contributed by atoms with Crippen LogP contribution in [0.2, 0.25) is 5.02 Å². The number of likely N-dealkylation sites (tertiary alicyclic amines) is 1. The van der Waals surface area contributed by atoms with E-state index in [4.69, 9.17) is 21.3 Å². The molecule has 0 atom stereocenters. The number of ether oxygens (including phenoxy) is 1. The summed E-state index contributed by atoms with van der Waals surface area (Å²) in [6.07, 6.45) is 2.76. The number of carbonyl (C=O) groups is 1. The van der Waals surface area contributed by atoms with Gasteiger partial charge in [0.25, 0.3) is 0 Å². The van der Waals surface area contributed by atoms with Gasteiger partial charge in [-0.05, 0) is 44.0 Å². The van der Waals surface area contributed by atoms with Gasteiger partial charge in [0.2, 0.25) is 0 Å². The van der Waals surface area contributed by atoms with E-state index in [1.54, 1.807) is 0 Å². The second-order valence-electron chi connectivity index (χ2n) is 7.16. The van der Waals surface area contributed by atoms with Crippen LogP contribution in [-0.2, 0) is 17.7 Å². The molecule has 1 N–H and O–H groups in total. The fraction of sp³-hybridized carbons (Fsp3) is 0.500. The van der Waals surface area contributed by atoms with E-state index in [1.807, 2.05) is 36.1 Å². The Kier molecular flexibility index (Phi) is 5.36. The van der Waals surface area contributed by atoms with Crippen molar-refractivity contribution in [2.45, 2.75) is 38.8 Å². The van der Waals surface area contributed by atoms with Crippen LogP contribution >= 0.6 is 11.6 Å². The maximum absolute atomic E-state index is 11.9. The molecule has 1 aromatic carbocycles. The number of aromatic nitrogens is 2. The summed E-state index contributed by atoms with van der Waals surface area (Å²) in [5.74, 6) is 0.913. The lowest BCUT2D eigenvalue weighted by molar-refractivity contribution is 0.0701. The number of benzene rings is 1. The number of hydrogen-bond donors (Lipinski definition) is 1. The van der Waals surface area contributed by atoms with E-state index >= 15 is 0 Å². The average Bonchev–Trinajstić information content (AvgIpc) is 3.12. The molecule has 144 valence electrons. The topological polar surface area (TPSA) is 61.5 Å². The molecule has 7 heteroatoms. The fourth-order valence-corrected chi connectivity index (χ4v) is 4.13. The minimum absolute atomic E-state index is 0.182. The molecule has 0 bridgehead atoms. The van der Waals surface area contributed by atoms with E-state index < -0.39 is 0 Å². The van der Waals surface area contributed by atoms with Crippen LogP contribution in [0.5, 0.6) is 0 Å². The average molecular weight is 389 g/mol. The van der Waals surface area contributed by atoms with E-state index in [0.717, 1.165) is 61.9 Å². The molecule has 1 amide bonds. The zero-order valence-corrected chi connectivity index (χ0v) is 16.3. The molecule has 0 aliphatic carbocycles. The van der Waals surface area contributed by atoms with E-state index in [1.165, 1.54) is 11.4 Å². The van der Waals surface area contributed by atoms with Crippen molar-refractivity contribution in [1.82, 2.24) is 19.8 Å². The third-order valence-electron chi connectivity index (χ3n) is 5.49. The fourth-order valence-electron chi connectivity index (χ4n) is 4.00. The Labute approximate surface area is 164 Å². The predicted octanol–water partition coefficient (Wildman–Crippen LogP) is 3.71. The minimum atomic E-state index is -0.182. The van der Waals surface area contributed by atoms with Crippen molar-refractivity contribution < 1.29 is 9.53 Å². The molecule has 0 radical (unpaired) electrons. The molecule has 6 nitrogen and oxygen atoms in total. The molecule has 4 rings (SSSR count). The Bertz CT molecular complexity index is 797. The zero-order valence-electron chi connectivity index (χ0n) is 15.6. The van der Waals surface area contributed by atoms with Gasteiger partial charge in [0, 0.05) is 49.2 Å². The predicted molar refractivity (Wildman–Crippen MR) is 105 cm³/mol. The lowest BCUT2D eigenvalue weighted by atomic mass is 10.0. The van der Waals surface area contributed by atoms with Crippen molar-refractivity contribution in [3.05, 3.63) is 40.7 Å². The van der Waals surface area contributed by atoms with E-state index in [0.29, 0.717) is 12.6 Å². The van der Waals surface area contributed by atoms with Gasteiger partial charge < -0.3 is 14.6 Å². The lowest BCUT2D eigenvalue weighted by Crippen LogP contribution is -2.48. The molecule has 2 aliphatic rings. The largest absolute Gasteiger partial charge is 0.450 e. The zero-order chi connectivity index (χ0) is 18.8. The summed E-state index contributed by atoms with van der Waals surface area (Å²) < 4.78 is 5.11. The normalized spacial score (nSPS) is 18.4. The van der Waals surface area contributed by atoms with Crippen LogP contribution in [0.25, 0.3) is 11.4 Å². The van der Waals surface area contributed by atoms with Gasteiger partial charge in [-0.25, -0.2) is 9.78 Å². The molecule has 0 saturated carbocycles. The Morgan fingerprint density at radius 2 is 2.00 bits per heavy atom. The highest BCUT2D eigenvalue weighted by atomic mass is 35.5. The number of fused-ring (bicyclic) bond motifs is 1. The highest BCUT2D eigenvalue weighted by molar-refractivity contribution is 6.30. The van der Waals surface area contributed by atoms with Crippen molar-refractivity contribution >= 4 is 17.7 Å². The van der Waals surface area contributed by atoms with Crippen LogP contribution in [0.1, 0.15) is 31.2 Å². The maximum Gasteiger partial charge on any atom is 0.409 e. The third kappa shape index (κ3) is 3.96. The van der Waals surface area contributed by atoms with Crippen LogP contribution in [0.3, 0.4) is 0 Å². The maximum atomic E-state index is 11.9. The van der Waals surface area contributed by atoms with Crippen molar-refractivity contribution in [2.24, 2.45) is 0 Å². The molecule has 27 heavy (non-hydrogen) atoms. The summed E-state index contributed by atoms with van der Waals surface area (Å²) in [5, 5.41) is 0.732. The molecule has 3 heterocycles. The summed E-state index contributed by atoms with van der Waals surface area (Å²) in [5.41, 5.74) is 3.43. The quantitative estimate of drug-likeness (QED) is 0.870. The van der Waals surface area contributed by atoms with Crippen LogP contribution < -0.4 is 0 Å². The molecule has 0 unspecified atom stereocenters. The van der Waals surface area contributed by atoms with Crippen molar-refractivity contribution in [2.75, 3.05) is 26.2 Å². The first-order valence-electron chi connectivity index (χ1n) is 9.63. The SMILES string of the molecule is CCOC(=O)N1CCC(N2CCc3nc(-c4ccc(Cl)cc4)[nH]c3C2)CC1. The van der Waals surface area contributed by atoms with Gasteiger partial charge in [-0.2, -0.15) is 0 Å². The van der Waals surface area contributed by atoms with Crippen LogP contribution in [-0.4, -0.2) is 58.1 Å². The molecule has 2 aromatic rings. The second kappa shape index (κ2) is 7.90. The standard InChI is InChI=1S/C20H25ClN4O2/c1-2-27-20(26)24-10-7-16(8-11-24)25-12-9-17-18(13-25)23-19(22-17)14-3-5-15(21)6-4-14/h3-6,16H,2,7-13H2,1H3,(H,22,23). The molecular weight excluding hydrogens is 364 g/mol. The van der Waals surface area contributed by atoms with E-state index in [-0.39, 0.29) is 6.09 Å². The number of nitrogens with one attached hydrogen (secondary N) is 1. The number of nitrogens with zero attached hydrogens (tertiary/aromatic N) is 3. The van der Waals surface area contributed by atoms with Crippen molar-refractivity contribution in [3.8, 4) is 11.4 Å². The molecule has 1 aromatic heterocycles. The highest BCUT2D eigenvalue weighted by Gasteiger charge is 2.30. The van der Waals surface area contributed by atoms with E-state index in [9.17, 15) is 4.79 Å². The lowest BCUT2D eigenvalue weighted by Gasteiger charge is -2.39. The van der Waals surface area contributed by atoms with Crippen molar-refractivity contribution in [3.63, 3.8) is 0 Å². The van der Waals surface area contributed by atoms with Crippen LogP contribution in [0, 0.1) is 0 Å².